The van der Waals surface area contributed by atoms with Crippen LogP contribution in [-0.2, 0) is 14.3 Å². The molecule has 31 heavy (non-hydrogen) atoms. The fourth-order valence-corrected chi connectivity index (χ4v) is 5.49. The number of allylic oxidation sites excluding steroid dienone is 3. The number of thiophene rings is 1. The molecule has 4 nitrogen and oxygen atoms in total. The molecule has 1 aromatic carbocycles. The Morgan fingerprint density at radius 3 is 2.65 bits per heavy atom. The number of hydrogen-bond acceptors (Lipinski definition) is 5. The van der Waals surface area contributed by atoms with E-state index in [0.717, 1.165) is 45.1 Å². The number of hydrogen-bond donors (Lipinski definition) is 1. The molecule has 160 valence electrons. The van der Waals surface area contributed by atoms with Crippen LogP contribution < -0.4 is 5.32 Å². The monoisotopic (exact) mass is 433 g/mol. The average Bonchev–Trinajstić information content (AvgIpc) is 3.23. The first-order chi connectivity index (χ1) is 15.0. The van der Waals surface area contributed by atoms with E-state index in [2.05, 4.69) is 37.0 Å². The van der Waals surface area contributed by atoms with Gasteiger partial charge in [0.1, 0.15) is 0 Å². The first kappa shape index (κ1) is 21.3. The zero-order valence-electron chi connectivity index (χ0n) is 18.0. The predicted molar refractivity (Wildman–Crippen MR) is 125 cm³/mol. The first-order valence-electron chi connectivity index (χ1n) is 10.8. The Morgan fingerprint density at radius 1 is 1.16 bits per heavy atom. The summed E-state index contributed by atoms with van der Waals surface area (Å²) in [6.45, 7) is 8.24. The Balaban J connectivity index is 1.87. The molecule has 4 rings (SSSR count). The molecule has 5 heteroatoms. The van der Waals surface area contributed by atoms with Crippen molar-refractivity contribution in [3.63, 3.8) is 0 Å². The Hall–Kier alpha value is -2.92. The third-order valence-electron chi connectivity index (χ3n) is 5.63. The number of ether oxygens (including phenoxy) is 1. The highest BCUT2D eigenvalue weighted by atomic mass is 32.1. The smallest absolute Gasteiger partial charge is 0.336 e. The highest BCUT2D eigenvalue weighted by Gasteiger charge is 2.41. The van der Waals surface area contributed by atoms with Gasteiger partial charge >= 0.3 is 5.97 Å². The number of ketones is 1. The lowest BCUT2D eigenvalue weighted by Gasteiger charge is -2.35. The van der Waals surface area contributed by atoms with Gasteiger partial charge in [-0.3, -0.25) is 4.79 Å². The molecule has 1 unspecified atom stereocenters. The van der Waals surface area contributed by atoms with E-state index in [1.807, 2.05) is 31.2 Å². The van der Waals surface area contributed by atoms with E-state index >= 15 is 0 Å². The molecule has 1 aromatic heterocycles. The molecule has 0 saturated carbocycles. The maximum atomic E-state index is 13.2. The molecule has 0 radical (unpaired) electrons. The van der Waals surface area contributed by atoms with E-state index in [4.69, 9.17) is 4.74 Å². The zero-order valence-corrected chi connectivity index (χ0v) is 18.8. The molecular weight excluding hydrogens is 406 g/mol. The molecule has 1 N–H and O–H groups in total. The third-order valence-corrected chi connectivity index (χ3v) is 6.83. The molecule has 1 atom stereocenters. The molecule has 0 bridgehead atoms. The lowest BCUT2D eigenvalue weighted by Crippen LogP contribution is -2.35. The molecule has 0 amide bonds. The van der Waals surface area contributed by atoms with Crippen molar-refractivity contribution >= 4 is 23.1 Å². The summed E-state index contributed by atoms with van der Waals surface area (Å²) in [6.07, 6.45) is 2.57. The van der Waals surface area contributed by atoms with Crippen molar-refractivity contribution < 1.29 is 14.3 Å². The van der Waals surface area contributed by atoms with E-state index in [1.54, 1.807) is 11.3 Å². The normalized spacial score (nSPS) is 18.7. The van der Waals surface area contributed by atoms with Crippen molar-refractivity contribution in [2.45, 2.75) is 45.4 Å². The van der Waals surface area contributed by atoms with Gasteiger partial charge in [-0.25, -0.2) is 4.79 Å². The van der Waals surface area contributed by atoms with Crippen LogP contribution in [0.5, 0.6) is 0 Å². The fourth-order valence-electron chi connectivity index (χ4n) is 4.36. The molecule has 0 fully saturated rings. The van der Waals surface area contributed by atoms with Crippen LogP contribution >= 0.6 is 11.3 Å². The van der Waals surface area contributed by atoms with Gasteiger partial charge in [0.25, 0.3) is 0 Å². The number of dihydropyridines is 1. The summed E-state index contributed by atoms with van der Waals surface area (Å²) in [5.74, 6) is -0.711. The highest BCUT2D eigenvalue weighted by Crippen LogP contribution is 2.47. The summed E-state index contributed by atoms with van der Waals surface area (Å²) in [6, 6.07) is 14.3. The van der Waals surface area contributed by atoms with Crippen molar-refractivity contribution in [3.05, 3.63) is 82.0 Å². The van der Waals surface area contributed by atoms with Gasteiger partial charge in [0, 0.05) is 39.6 Å². The fraction of sp³-hybridized carbons (Fsp3) is 0.308. The summed E-state index contributed by atoms with van der Waals surface area (Å²) in [7, 11) is 0. The van der Waals surface area contributed by atoms with Gasteiger partial charge in [-0.05, 0) is 31.0 Å². The minimum atomic E-state index is -0.403. The maximum Gasteiger partial charge on any atom is 0.336 e. The molecule has 0 saturated heterocycles. The van der Waals surface area contributed by atoms with Crippen LogP contribution in [0.2, 0.25) is 0 Å². The number of rotatable bonds is 6. The third kappa shape index (κ3) is 4.15. The summed E-state index contributed by atoms with van der Waals surface area (Å²) in [4.78, 5) is 28.4. The first-order valence-corrected chi connectivity index (χ1v) is 11.6. The van der Waals surface area contributed by atoms with Gasteiger partial charge < -0.3 is 10.1 Å². The van der Waals surface area contributed by atoms with Gasteiger partial charge in [-0.2, -0.15) is 0 Å². The SMILES string of the molecule is C=C1CC(=O)C2=C(C1)NC(CCC)=C(C(=O)OCC)C2c1ccc(-c2ccccc2)s1. The Morgan fingerprint density at radius 2 is 1.94 bits per heavy atom. The largest absolute Gasteiger partial charge is 0.463 e. The van der Waals surface area contributed by atoms with Crippen molar-refractivity contribution in [1.29, 1.82) is 0 Å². The maximum absolute atomic E-state index is 13.2. The Labute approximate surface area is 187 Å². The number of Topliss-reactive ketones (excluding diaryl/α,β-unsaturated/α-hetero) is 1. The van der Waals surface area contributed by atoms with Crippen LogP contribution in [0, 0.1) is 0 Å². The number of nitrogens with one attached hydrogen (secondary N) is 1. The van der Waals surface area contributed by atoms with E-state index in [-0.39, 0.29) is 11.8 Å². The predicted octanol–water partition coefficient (Wildman–Crippen LogP) is 5.89. The second kappa shape index (κ2) is 9.06. The van der Waals surface area contributed by atoms with Gasteiger partial charge in [0.05, 0.1) is 18.1 Å². The van der Waals surface area contributed by atoms with Crippen LogP contribution in [-0.4, -0.2) is 18.4 Å². The van der Waals surface area contributed by atoms with Gasteiger partial charge in [-0.15, -0.1) is 11.3 Å². The van der Waals surface area contributed by atoms with E-state index in [1.165, 1.54) is 0 Å². The van der Waals surface area contributed by atoms with Gasteiger partial charge in [0.2, 0.25) is 0 Å². The second-order valence-electron chi connectivity index (χ2n) is 7.91. The number of carbonyl (C=O) groups is 2. The van der Waals surface area contributed by atoms with Crippen LogP contribution in [0.15, 0.2) is 77.2 Å². The van der Waals surface area contributed by atoms with Gasteiger partial charge in [-0.1, -0.05) is 55.8 Å². The minimum absolute atomic E-state index is 0.0377. The molecular formula is C26H27NO3S. The van der Waals surface area contributed by atoms with Crippen LogP contribution in [0.1, 0.15) is 50.3 Å². The summed E-state index contributed by atoms with van der Waals surface area (Å²) in [5.41, 5.74) is 5.04. The topological polar surface area (TPSA) is 55.4 Å². The van der Waals surface area contributed by atoms with Crippen molar-refractivity contribution in [3.8, 4) is 10.4 Å². The average molecular weight is 434 g/mol. The van der Waals surface area contributed by atoms with E-state index in [0.29, 0.717) is 30.6 Å². The van der Waals surface area contributed by atoms with Crippen molar-refractivity contribution in [1.82, 2.24) is 5.32 Å². The van der Waals surface area contributed by atoms with E-state index in [9.17, 15) is 9.59 Å². The molecule has 2 heterocycles. The van der Waals surface area contributed by atoms with Crippen LogP contribution in [0.3, 0.4) is 0 Å². The number of carbonyl (C=O) groups excluding carboxylic acids is 2. The quantitative estimate of drug-likeness (QED) is 0.456. The van der Waals surface area contributed by atoms with Crippen molar-refractivity contribution in [2.75, 3.05) is 6.61 Å². The Kier molecular flexibility index (Phi) is 6.23. The minimum Gasteiger partial charge on any atom is -0.463 e. The van der Waals surface area contributed by atoms with Crippen molar-refractivity contribution in [2.24, 2.45) is 0 Å². The second-order valence-corrected chi connectivity index (χ2v) is 9.02. The Bertz CT molecular complexity index is 1090. The number of esters is 1. The summed E-state index contributed by atoms with van der Waals surface area (Å²) >= 11 is 1.63. The molecule has 1 aliphatic heterocycles. The summed E-state index contributed by atoms with van der Waals surface area (Å²) in [5, 5.41) is 3.43. The van der Waals surface area contributed by atoms with E-state index < -0.39 is 5.92 Å². The molecule has 0 spiro atoms. The standard InChI is InChI=1S/C26H27NO3S/c1-4-9-18-24(26(29)30-5-2)25(23-19(27-18)14-16(3)15-20(23)28)22-13-12-21(31-22)17-10-7-6-8-11-17/h6-8,10-13,25,27H,3-5,9,14-15H2,1-2H3. The summed E-state index contributed by atoms with van der Waals surface area (Å²) < 4.78 is 5.45. The molecule has 1 aliphatic carbocycles. The zero-order chi connectivity index (χ0) is 22.0. The lowest BCUT2D eigenvalue weighted by molar-refractivity contribution is -0.138. The van der Waals surface area contributed by atoms with Crippen LogP contribution in [0.25, 0.3) is 10.4 Å². The highest BCUT2D eigenvalue weighted by molar-refractivity contribution is 7.15. The molecule has 2 aromatic rings. The molecule has 2 aliphatic rings. The van der Waals surface area contributed by atoms with Gasteiger partial charge in [0.15, 0.2) is 5.78 Å². The lowest BCUT2D eigenvalue weighted by atomic mass is 9.76. The van der Waals surface area contributed by atoms with Crippen LogP contribution in [0.4, 0.5) is 0 Å². The number of benzene rings is 1.